The Morgan fingerprint density at radius 2 is 1.66 bits per heavy atom. The van der Waals surface area contributed by atoms with E-state index in [9.17, 15) is 22.4 Å². The molecule has 0 unspecified atom stereocenters. The van der Waals surface area contributed by atoms with E-state index in [0.717, 1.165) is 18.2 Å². The lowest BCUT2D eigenvalue weighted by atomic mass is 10.0. The Labute approximate surface area is 181 Å². The Morgan fingerprint density at radius 3 is 2.38 bits per heavy atom. The summed E-state index contributed by atoms with van der Waals surface area (Å²) in [4.78, 5) is 19.8. The second-order valence-corrected chi connectivity index (χ2v) is 7.41. The Bertz CT molecular complexity index is 1180. The third-order valence-electron chi connectivity index (χ3n) is 5.05. The zero-order valence-electron chi connectivity index (χ0n) is 16.8. The van der Waals surface area contributed by atoms with Gasteiger partial charge in [0.1, 0.15) is 23.3 Å². The molecule has 1 amide bonds. The molecule has 4 nitrogen and oxygen atoms in total. The number of rotatable bonds is 6. The lowest BCUT2D eigenvalue weighted by molar-refractivity contribution is 0.0402. The van der Waals surface area contributed by atoms with E-state index < -0.39 is 35.3 Å². The molecule has 0 saturated carbocycles. The van der Waals surface area contributed by atoms with Gasteiger partial charge in [-0.2, -0.15) is 0 Å². The average molecular weight is 442 g/mol. The summed E-state index contributed by atoms with van der Waals surface area (Å²) in [7, 11) is 0. The summed E-state index contributed by atoms with van der Waals surface area (Å²) in [5, 5.41) is 3.99. The molecule has 32 heavy (non-hydrogen) atoms. The fraction of sp³-hybridized carbons (Fsp3) is 0.167. The maximum Gasteiger partial charge on any atom is 0.254 e. The highest BCUT2D eigenvalue weighted by molar-refractivity contribution is 6.01. The van der Waals surface area contributed by atoms with Crippen LogP contribution in [0.1, 0.15) is 27.9 Å². The van der Waals surface area contributed by atoms with E-state index in [1.165, 1.54) is 41.3 Å². The number of benzene rings is 3. The molecule has 1 aliphatic rings. The smallest absolute Gasteiger partial charge is 0.254 e. The van der Waals surface area contributed by atoms with Crippen LogP contribution in [0.5, 0.6) is 0 Å². The molecule has 0 saturated heterocycles. The summed E-state index contributed by atoms with van der Waals surface area (Å²) in [6.45, 7) is -0.175. The summed E-state index contributed by atoms with van der Waals surface area (Å²) >= 11 is 0. The number of amides is 1. The van der Waals surface area contributed by atoms with Crippen LogP contribution >= 0.6 is 0 Å². The molecule has 164 valence electrons. The Hall–Kier alpha value is -3.68. The number of halogens is 4. The highest BCUT2D eigenvalue weighted by atomic mass is 19.1. The maximum absolute atomic E-state index is 14.2. The van der Waals surface area contributed by atoms with E-state index in [4.69, 9.17) is 4.84 Å². The van der Waals surface area contributed by atoms with Gasteiger partial charge >= 0.3 is 0 Å². The van der Waals surface area contributed by atoms with Crippen LogP contribution in [0.2, 0.25) is 0 Å². The number of carbonyl (C=O) groups is 1. The Morgan fingerprint density at radius 1 is 0.938 bits per heavy atom. The van der Waals surface area contributed by atoms with Crippen LogP contribution in [-0.4, -0.2) is 29.2 Å². The zero-order chi connectivity index (χ0) is 22.7. The van der Waals surface area contributed by atoms with Crippen molar-refractivity contribution in [3.8, 4) is 0 Å². The van der Waals surface area contributed by atoms with Gasteiger partial charge in [0.05, 0.1) is 12.3 Å². The normalized spacial score (nSPS) is 15.2. The van der Waals surface area contributed by atoms with E-state index in [1.54, 1.807) is 12.1 Å². The first-order valence-corrected chi connectivity index (χ1v) is 9.86. The zero-order valence-corrected chi connectivity index (χ0v) is 16.8. The predicted molar refractivity (Wildman–Crippen MR) is 110 cm³/mol. The summed E-state index contributed by atoms with van der Waals surface area (Å²) in [5.74, 6) is -3.08. The van der Waals surface area contributed by atoms with Crippen LogP contribution in [0, 0.1) is 23.3 Å². The lowest BCUT2D eigenvalue weighted by Crippen LogP contribution is -2.37. The molecule has 4 rings (SSSR count). The SMILES string of the molecule is O=C(c1cccc(F)c1)N(Cc1ccc(F)cc1F)C[C@@H]1CC(c2cccc(F)c2)=NO1. The number of oxime groups is 1. The quantitative estimate of drug-likeness (QED) is 0.500. The molecule has 0 radical (unpaired) electrons. The van der Waals surface area contributed by atoms with Gasteiger partial charge < -0.3 is 9.74 Å². The van der Waals surface area contributed by atoms with Crippen molar-refractivity contribution in [2.75, 3.05) is 6.54 Å². The second-order valence-electron chi connectivity index (χ2n) is 7.41. The molecule has 0 aromatic heterocycles. The van der Waals surface area contributed by atoms with Crippen LogP contribution in [0.15, 0.2) is 71.9 Å². The second kappa shape index (κ2) is 9.21. The minimum atomic E-state index is -0.800. The molecule has 8 heteroatoms. The fourth-order valence-corrected chi connectivity index (χ4v) is 3.49. The van der Waals surface area contributed by atoms with Crippen molar-refractivity contribution in [1.82, 2.24) is 4.90 Å². The third kappa shape index (κ3) is 4.96. The van der Waals surface area contributed by atoms with Crippen molar-refractivity contribution in [3.05, 3.63) is 107 Å². The first-order valence-electron chi connectivity index (χ1n) is 9.86. The highest BCUT2D eigenvalue weighted by Crippen LogP contribution is 2.21. The van der Waals surface area contributed by atoms with Gasteiger partial charge in [-0.05, 0) is 36.4 Å². The van der Waals surface area contributed by atoms with Gasteiger partial charge in [0.15, 0.2) is 6.10 Å². The van der Waals surface area contributed by atoms with Crippen molar-refractivity contribution in [1.29, 1.82) is 0 Å². The van der Waals surface area contributed by atoms with E-state index in [2.05, 4.69) is 5.16 Å². The predicted octanol–water partition coefficient (Wildman–Crippen LogP) is 5.08. The van der Waals surface area contributed by atoms with Gasteiger partial charge in [-0.3, -0.25) is 4.79 Å². The molecular weight excluding hydrogens is 424 g/mol. The van der Waals surface area contributed by atoms with E-state index in [0.29, 0.717) is 17.7 Å². The summed E-state index contributed by atoms with van der Waals surface area (Å²) in [6.07, 6.45) is -0.281. The van der Waals surface area contributed by atoms with Gasteiger partial charge in [-0.1, -0.05) is 29.4 Å². The van der Waals surface area contributed by atoms with Crippen molar-refractivity contribution >= 4 is 11.6 Å². The van der Waals surface area contributed by atoms with E-state index in [-0.39, 0.29) is 24.2 Å². The van der Waals surface area contributed by atoms with Crippen molar-refractivity contribution in [2.45, 2.75) is 19.1 Å². The summed E-state index contributed by atoms with van der Waals surface area (Å²) < 4.78 is 54.7. The Kier molecular flexibility index (Phi) is 6.20. The van der Waals surface area contributed by atoms with Gasteiger partial charge in [0.25, 0.3) is 5.91 Å². The summed E-state index contributed by atoms with van der Waals surface area (Å²) in [6, 6.07) is 14.1. The maximum atomic E-state index is 14.2. The molecule has 1 heterocycles. The van der Waals surface area contributed by atoms with Crippen LogP contribution in [0.3, 0.4) is 0 Å². The van der Waals surface area contributed by atoms with Crippen molar-refractivity contribution < 1.29 is 27.2 Å². The number of hydrogen-bond acceptors (Lipinski definition) is 3. The molecule has 3 aromatic rings. The van der Waals surface area contributed by atoms with Crippen molar-refractivity contribution in [3.63, 3.8) is 0 Å². The molecule has 1 atom stereocenters. The largest absolute Gasteiger partial charge is 0.390 e. The molecule has 1 aliphatic heterocycles. The molecule has 0 spiro atoms. The first kappa shape index (κ1) is 21.5. The monoisotopic (exact) mass is 442 g/mol. The van der Waals surface area contributed by atoms with Crippen LogP contribution in [0.25, 0.3) is 0 Å². The Balaban J connectivity index is 1.54. The van der Waals surface area contributed by atoms with Gasteiger partial charge in [0.2, 0.25) is 0 Å². The highest BCUT2D eigenvalue weighted by Gasteiger charge is 2.28. The number of carbonyl (C=O) groups excluding carboxylic acids is 1. The van der Waals surface area contributed by atoms with Gasteiger partial charge in [-0.15, -0.1) is 0 Å². The lowest BCUT2D eigenvalue weighted by Gasteiger charge is -2.25. The summed E-state index contributed by atoms with van der Waals surface area (Å²) in [5.41, 5.74) is 1.25. The van der Waals surface area contributed by atoms with E-state index >= 15 is 0 Å². The van der Waals surface area contributed by atoms with Crippen LogP contribution in [-0.2, 0) is 11.4 Å². The standard InChI is InChI=1S/C24H18F4N2O2/c25-18-5-1-3-15(9-18)23-12-21(32-29-23)14-30(13-17-7-8-20(27)11-22(17)28)24(31)16-4-2-6-19(26)10-16/h1-11,21H,12-14H2/t21-/m0/s1. The molecule has 3 aromatic carbocycles. The number of hydrogen-bond donors (Lipinski definition) is 0. The molecule has 0 N–H and O–H groups in total. The topological polar surface area (TPSA) is 41.9 Å². The van der Waals surface area contributed by atoms with E-state index in [1.807, 2.05) is 0 Å². The first-order chi connectivity index (χ1) is 15.4. The minimum absolute atomic E-state index is 0.00841. The minimum Gasteiger partial charge on any atom is -0.390 e. The van der Waals surface area contributed by atoms with Crippen LogP contribution in [0.4, 0.5) is 17.6 Å². The average Bonchev–Trinajstić information content (AvgIpc) is 3.23. The fourth-order valence-electron chi connectivity index (χ4n) is 3.49. The molecule has 0 bridgehead atoms. The van der Waals surface area contributed by atoms with Gasteiger partial charge in [0, 0.05) is 35.7 Å². The van der Waals surface area contributed by atoms with Crippen LogP contribution < -0.4 is 0 Å². The molecule has 0 fully saturated rings. The van der Waals surface area contributed by atoms with Gasteiger partial charge in [-0.25, -0.2) is 17.6 Å². The van der Waals surface area contributed by atoms with Crippen molar-refractivity contribution in [2.24, 2.45) is 5.16 Å². The third-order valence-corrected chi connectivity index (χ3v) is 5.05. The molecule has 0 aliphatic carbocycles. The number of nitrogens with zero attached hydrogens (tertiary/aromatic N) is 2. The molecular formula is C24H18F4N2O2.